The van der Waals surface area contributed by atoms with E-state index < -0.39 is 0 Å². The van der Waals surface area contributed by atoms with E-state index in [-0.39, 0.29) is 11.5 Å². The summed E-state index contributed by atoms with van der Waals surface area (Å²) in [7, 11) is 1.61. The summed E-state index contributed by atoms with van der Waals surface area (Å²) >= 11 is 0. The number of carbonyl (C=O) groups is 1. The molecule has 0 bridgehead atoms. The standard InChI is InChI=1S/C18H16O3/c1-21-18-12-6-15(7-13-18)5-11-17(20)10-4-14-2-8-16(19)9-3-14/h2-13,19H,1H3/b10-4+,11-5+. The lowest BCUT2D eigenvalue weighted by atomic mass is 10.1. The molecule has 0 amide bonds. The monoisotopic (exact) mass is 280 g/mol. The summed E-state index contributed by atoms with van der Waals surface area (Å²) in [5.74, 6) is 0.891. The highest BCUT2D eigenvalue weighted by atomic mass is 16.5. The maximum absolute atomic E-state index is 11.7. The SMILES string of the molecule is COc1ccc(/C=C/C(=O)/C=C/c2ccc(O)cc2)cc1. The zero-order valence-corrected chi connectivity index (χ0v) is 11.7. The van der Waals surface area contributed by atoms with Gasteiger partial charge in [0.2, 0.25) is 0 Å². The lowest BCUT2D eigenvalue weighted by Crippen LogP contribution is -1.85. The van der Waals surface area contributed by atoms with Crippen molar-refractivity contribution in [3.05, 3.63) is 71.8 Å². The topological polar surface area (TPSA) is 46.5 Å². The first kappa shape index (κ1) is 14.6. The quantitative estimate of drug-likeness (QED) is 0.849. The van der Waals surface area contributed by atoms with Crippen molar-refractivity contribution < 1.29 is 14.6 Å². The van der Waals surface area contributed by atoms with Crippen molar-refractivity contribution in [3.63, 3.8) is 0 Å². The Morgan fingerprint density at radius 1 is 0.905 bits per heavy atom. The second kappa shape index (κ2) is 7.10. The number of phenols is 1. The average Bonchev–Trinajstić information content (AvgIpc) is 2.53. The van der Waals surface area contributed by atoms with E-state index in [9.17, 15) is 9.90 Å². The molecular formula is C18H16O3. The van der Waals surface area contributed by atoms with Gasteiger partial charge in [-0.2, -0.15) is 0 Å². The maximum Gasteiger partial charge on any atom is 0.178 e. The molecule has 0 unspecified atom stereocenters. The molecule has 2 rings (SSSR count). The van der Waals surface area contributed by atoms with Crippen molar-refractivity contribution in [2.24, 2.45) is 0 Å². The van der Waals surface area contributed by atoms with Crippen LogP contribution < -0.4 is 4.74 Å². The van der Waals surface area contributed by atoms with Gasteiger partial charge in [-0.3, -0.25) is 4.79 Å². The first-order valence-corrected chi connectivity index (χ1v) is 6.50. The van der Waals surface area contributed by atoms with Crippen molar-refractivity contribution in [3.8, 4) is 11.5 Å². The van der Waals surface area contributed by atoms with Crippen LogP contribution in [-0.4, -0.2) is 18.0 Å². The van der Waals surface area contributed by atoms with E-state index in [0.29, 0.717) is 0 Å². The van der Waals surface area contributed by atoms with Crippen LogP contribution in [0.15, 0.2) is 60.7 Å². The smallest absolute Gasteiger partial charge is 0.178 e. The number of ketones is 1. The van der Waals surface area contributed by atoms with Crippen molar-refractivity contribution >= 4 is 17.9 Å². The van der Waals surface area contributed by atoms with Gasteiger partial charge in [0.1, 0.15) is 11.5 Å². The predicted octanol–water partition coefficient (Wildman–Crippen LogP) is 3.70. The van der Waals surface area contributed by atoms with E-state index in [2.05, 4.69) is 0 Å². The Morgan fingerprint density at radius 3 is 1.86 bits per heavy atom. The molecule has 0 aliphatic heterocycles. The van der Waals surface area contributed by atoms with Crippen LogP contribution >= 0.6 is 0 Å². The molecule has 0 aromatic heterocycles. The number of hydrogen-bond acceptors (Lipinski definition) is 3. The number of hydrogen-bond donors (Lipinski definition) is 1. The summed E-state index contributed by atoms with van der Waals surface area (Å²) < 4.78 is 5.07. The molecule has 3 nitrogen and oxygen atoms in total. The number of methoxy groups -OCH3 is 1. The second-order valence-electron chi connectivity index (χ2n) is 4.43. The molecule has 3 heteroatoms. The first-order chi connectivity index (χ1) is 10.2. The van der Waals surface area contributed by atoms with Crippen LogP contribution in [0.4, 0.5) is 0 Å². The van der Waals surface area contributed by atoms with E-state index in [4.69, 9.17) is 4.74 Å². The highest BCUT2D eigenvalue weighted by molar-refractivity contribution is 6.04. The third kappa shape index (κ3) is 4.66. The third-order valence-electron chi connectivity index (χ3n) is 2.89. The molecule has 0 aliphatic rings. The Kier molecular flexibility index (Phi) is 4.94. The Bertz CT molecular complexity index is 650. The molecular weight excluding hydrogens is 264 g/mol. The Balaban J connectivity index is 1.96. The zero-order valence-electron chi connectivity index (χ0n) is 11.7. The summed E-state index contributed by atoms with van der Waals surface area (Å²) in [6.45, 7) is 0. The minimum Gasteiger partial charge on any atom is -0.508 e. The van der Waals surface area contributed by atoms with Crippen molar-refractivity contribution in [1.82, 2.24) is 0 Å². The molecule has 2 aromatic carbocycles. The average molecular weight is 280 g/mol. The van der Waals surface area contributed by atoms with Crippen molar-refractivity contribution in [2.45, 2.75) is 0 Å². The van der Waals surface area contributed by atoms with Gasteiger partial charge in [0.25, 0.3) is 0 Å². The van der Waals surface area contributed by atoms with Gasteiger partial charge in [0.05, 0.1) is 7.11 Å². The van der Waals surface area contributed by atoms with Gasteiger partial charge in [0.15, 0.2) is 5.78 Å². The predicted molar refractivity (Wildman–Crippen MR) is 84.2 cm³/mol. The van der Waals surface area contributed by atoms with Crippen LogP contribution in [0.1, 0.15) is 11.1 Å². The highest BCUT2D eigenvalue weighted by Gasteiger charge is 1.93. The molecule has 0 saturated carbocycles. The largest absolute Gasteiger partial charge is 0.508 e. The summed E-state index contributed by atoms with van der Waals surface area (Å²) in [5, 5.41) is 9.17. The minimum atomic E-state index is -0.0982. The fraction of sp³-hybridized carbons (Fsp3) is 0.0556. The number of aromatic hydroxyl groups is 1. The van der Waals surface area contributed by atoms with Crippen LogP contribution in [0.25, 0.3) is 12.2 Å². The van der Waals surface area contributed by atoms with E-state index in [1.165, 1.54) is 12.2 Å². The number of ether oxygens (including phenoxy) is 1. The van der Waals surface area contributed by atoms with Crippen molar-refractivity contribution in [2.75, 3.05) is 7.11 Å². The van der Waals surface area contributed by atoms with Crippen LogP contribution in [0.3, 0.4) is 0 Å². The van der Waals surface area contributed by atoms with Crippen molar-refractivity contribution in [1.29, 1.82) is 0 Å². The highest BCUT2D eigenvalue weighted by Crippen LogP contribution is 2.13. The summed E-state index contributed by atoms with van der Waals surface area (Å²) in [4.78, 5) is 11.7. The van der Waals surface area contributed by atoms with E-state index in [1.54, 1.807) is 43.5 Å². The van der Waals surface area contributed by atoms with Gasteiger partial charge in [-0.05, 0) is 47.5 Å². The maximum atomic E-state index is 11.7. The number of rotatable bonds is 5. The van der Waals surface area contributed by atoms with Crippen LogP contribution in [0.5, 0.6) is 11.5 Å². The molecule has 0 saturated heterocycles. The molecule has 1 N–H and O–H groups in total. The lowest BCUT2D eigenvalue weighted by molar-refractivity contribution is -0.110. The lowest BCUT2D eigenvalue weighted by Gasteiger charge is -1.98. The third-order valence-corrected chi connectivity index (χ3v) is 2.89. The molecule has 0 spiro atoms. The second-order valence-corrected chi connectivity index (χ2v) is 4.43. The van der Waals surface area contributed by atoms with Gasteiger partial charge < -0.3 is 9.84 Å². The van der Waals surface area contributed by atoms with Crippen LogP contribution in [-0.2, 0) is 4.79 Å². The van der Waals surface area contributed by atoms with E-state index in [0.717, 1.165) is 16.9 Å². The minimum absolute atomic E-state index is 0.0982. The van der Waals surface area contributed by atoms with E-state index in [1.807, 2.05) is 24.3 Å². The van der Waals surface area contributed by atoms with Gasteiger partial charge in [0, 0.05) is 0 Å². The molecule has 0 radical (unpaired) electrons. The Hall–Kier alpha value is -2.81. The normalized spacial score (nSPS) is 11.1. The number of carbonyl (C=O) groups excluding carboxylic acids is 1. The molecule has 0 atom stereocenters. The molecule has 0 fully saturated rings. The fourth-order valence-electron chi connectivity index (χ4n) is 1.71. The van der Waals surface area contributed by atoms with E-state index >= 15 is 0 Å². The molecule has 0 heterocycles. The van der Waals surface area contributed by atoms with Crippen LogP contribution in [0.2, 0.25) is 0 Å². The summed E-state index contributed by atoms with van der Waals surface area (Å²) in [6, 6.07) is 14.1. The number of benzene rings is 2. The summed E-state index contributed by atoms with van der Waals surface area (Å²) in [5.41, 5.74) is 1.79. The van der Waals surface area contributed by atoms with Gasteiger partial charge in [-0.25, -0.2) is 0 Å². The molecule has 0 aliphatic carbocycles. The fourth-order valence-corrected chi connectivity index (χ4v) is 1.71. The number of allylic oxidation sites excluding steroid dienone is 2. The van der Waals surface area contributed by atoms with Crippen LogP contribution in [0, 0.1) is 0 Å². The number of phenolic OH excluding ortho intramolecular Hbond substituents is 1. The first-order valence-electron chi connectivity index (χ1n) is 6.50. The molecule has 106 valence electrons. The van der Waals surface area contributed by atoms with Gasteiger partial charge >= 0.3 is 0 Å². The van der Waals surface area contributed by atoms with Gasteiger partial charge in [-0.1, -0.05) is 36.4 Å². The molecule has 2 aromatic rings. The summed E-state index contributed by atoms with van der Waals surface area (Å²) in [6.07, 6.45) is 6.47. The van der Waals surface area contributed by atoms with Gasteiger partial charge in [-0.15, -0.1) is 0 Å². The molecule has 21 heavy (non-hydrogen) atoms. The Morgan fingerprint density at radius 2 is 1.38 bits per heavy atom. The Labute approximate surface area is 123 Å². The zero-order chi connectivity index (χ0) is 15.1.